The molecule has 0 bridgehead atoms. The molecule has 0 saturated carbocycles. The highest BCUT2D eigenvalue weighted by atomic mass is 13.8. The quantitative estimate of drug-likeness (QED) is 0.365. The molecule has 0 rings (SSSR count). The van der Waals surface area contributed by atoms with Gasteiger partial charge in [0, 0.05) is 0 Å². The summed E-state index contributed by atoms with van der Waals surface area (Å²) in [7, 11) is 0. The molecule has 0 aliphatic heterocycles. The predicted molar refractivity (Wildman–Crippen MR) is 30.8 cm³/mol. The Morgan fingerprint density at radius 3 is 2.67 bits per heavy atom. The van der Waals surface area contributed by atoms with Gasteiger partial charge < -0.3 is 0 Å². The maximum absolute atomic E-state index is 3.60. The Bertz CT molecular complexity index is 33.2. The molecule has 0 amide bonds. The number of rotatable bonds is 3. The van der Waals surface area contributed by atoms with E-state index in [0.717, 1.165) is 0 Å². The molecule has 0 nitrogen and oxygen atoms in total. The van der Waals surface area contributed by atoms with Crippen LogP contribution in [-0.2, 0) is 0 Å². The van der Waals surface area contributed by atoms with Crippen LogP contribution in [0, 0.1) is 0 Å². The van der Waals surface area contributed by atoms with Crippen molar-refractivity contribution in [1.29, 1.82) is 0 Å². The highest BCUT2D eigenvalue weighted by molar-refractivity contribution is 4.64. The van der Waals surface area contributed by atoms with Crippen molar-refractivity contribution in [3.05, 3.63) is 12.7 Å². The molecule has 0 heteroatoms. The zero-order valence-corrected chi connectivity index (χ0v) is 4.41. The second kappa shape index (κ2) is 4.74. The number of hydrogen-bond acceptors (Lipinski definition) is 0. The highest BCUT2D eigenvalue weighted by Crippen LogP contribution is 1.91. The summed E-state index contributed by atoms with van der Waals surface area (Å²) in [5.41, 5.74) is 0. The lowest BCUT2D eigenvalue weighted by atomic mass is 10.3. The molecule has 0 saturated heterocycles. The highest BCUT2D eigenvalue weighted by Gasteiger charge is 1.71. The number of unbranched alkanes of at least 4 members (excludes halogenated alkanes) is 2. The Balaban J connectivity index is 0. The Hall–Kier alpha value is -0.260. The summed E-state index contributed by atoms with van der Waals surface area (Å²) in [5.74, 6) is 0. The standard InChI is InChI=1S/C6H12/c1-3-5-6-4-2/h3H,1,4-6H2,2H3/p+1. The first-order chi connectivity index (χ1) is 2.91. The van der Waals surface area contributed by atoms with Crippen LogP contribution in [0.15, 0.2) is 12.7 Å². The van der Waals surface area contributed by atoms with Crippen LogP contribution < -0.4 is 0 Å². The lowest BCUT2D eigenvalue weighted by Gasteiger charge is -1.81. The summed E-state index contributed by atoms with van der Waals surface area (Å²) in [6.07, 6.45) is 5.72. The third kappa shape index (κ3) is 3.74. The van der Waals surface area contributed by atoms with E-state index in [1.807, 2.05) is 6.08 Å². The summed E-state index contributed by atoms with van der Waals surface area (Å²) >= 11 is 0. The smallest absolute Gasteiger partial charge is 0.103 e. The summed E-state index contributed by atoms with van der Waals surface area (Å²) in [6.45, 7) is 5.78. The fourth-order valence-corrected chi connectivity index (χ4v) is 0.348. The fraction of sp³-hybridized carbons (Fsp3) is 0.667. The van der Waals surface area contributed by atoms with Crippen molar-refractivity contribution in [2.75, 3.05) is 0 Å². The molecule has 0 unspecified atom stereocenters. The van der Waals surface area contributed by atoms with Crippen LogP contribution in [0.4, 0.5) is 0 Å². The summed E-state index contributed by atoms with van der Waals surface area (Å²) in [5, 5.41) is 0. The minimum Gasteiger partial charge on any atom is -0.103 e. The van der Waals surface area contributed by atoms with Gasteiger partial charge in [-0.05, 0) is 6.42 Å². The molecule has 0 N–H and O–H groups in total. The molecule has 0 spiro atoms. The van der Waals surface area contributed by atoms with Crippen LogP contribution >= 0.6 is 0 Å². The van der Waals surface area contributed by atoms with Gasteiger partial charge in [-0.2, -0.15) is 0 Å². The van der Waals surface area contributed by atoms with Crippen LogP contribution in [0.5, 0.6) is 0 Å². The average molecular weight is 85.2 g/mol. The van der Waals surface area contributed by atoms with Gasteiger partial charge in [0.25, 0.3) is 0 Å². The topological polar surface area (TPSA) is 0 Å². The number of hydrogen-bond donors (Lipinski definition) is 0. The molecular weight excluding hydrogens is 72.1 g/mol. The molecule has 0 aromatic heterocycles. The Kier molecular flexibility index (Phi) is 4.53. The normalized spacial score (nSPS) is 8.17. The van der Waals surface area contributed by atoms with E-state index in [1.165, 1.54) is 19.3 Å². The van der Waals surface area contributed by atoms with E-state index >= 15 is 0 Å². The van der Waals surface area contributed by atoms with E-state index in [4.69, 9.17) is 0 Å². The first-order valence-corrected chi connectivity index (χ1v) is 2.52. The van der Waals surface area contributed by atoms with E-state index < -0.39 is 0 Å². The second-order valence-corrected chi connectivity index (χ2v) is 1.43. The molecular formula is C6H13+. The fourth-order valence-electron chi connectivity index (χ4n) is 0.348. The molecule has 0 fully saturated rings. The van der Waals surface area contributed by atoms with Crippen LogP contribution in [0.3, 0.4) is 0 Å². The van der Waals surface area contributed by atoms with Crippen molar-refractivity contribution in [2.45, 2.75) is 26.2 Å². The van der Waals surface area contributed by atoms with Crippen molar-refractivity contribution in [3.63, 3.8) is 0 Å². The largest absolute Gasteiger partial charge is 1.00 e. The van der Waals surface area contributed by atoms with E-state index in [0.29, 0.717) is 0 Å². The van der Waals surface area contributed by atoms with Gasteiger partial charge in [0.05, 0.1) is 0 Å². The second-order valence-electron chi connectivity index (χ2n) is 1.43. The lowest BCUT2D eigenvalue weighted by Crippen LogP contribution is -1.61. The predicted octanol–water partition coefficient (Wildman–Crippen LogP) is 2.48. The third-order valence-electron chi connectivity index (χ3n) is 0.762. The first-order valence-electron chi connectivity index (χ1n) is 2.52. The molecule has 0 aliphatic rings. The molecule has 0 aromatic carbocycles. The Morgan fingerprint density at radius 1 is 1.83 bits per heavy atom. The van der Waals surface area contributed by atoms with Crippen LogP contribution in [-0.4, -0.2) is 0 Å². The number of allylic oxidation sites excluding steroid dienone is 1. The molecule has 0 aliphatic carbocycles. The first kappa shape index (κ1) is 5.74. The van der Waals surface area contributed by atoms with Gasteiger partial charge in [0.2, 0.25) is 0 Å². The Morgan fingerprint density at radius 2 is 2.50 bits per heavy atom. The maximum atomic E-state index is 3.60. The van der Waals surface area contributed by atoms with Gasteiger partial charge in [-0.25, -0.2) is 0 Å². The third-order valence-corrected chi connectivity index (χ3v) is 0.762. The molecule has 36 valence electrons. The van der Waals surface area contributed by atoms with Crippen molar-refractivity contribution < 1.29 is 1.43 Å². The van der Waals surface area contributed by atoms with Gasteiger partial charge in [-0.15, -0.1) is 6.58 Å². The van der Waals surface area contributed by atoms with Crippen LogP contribution in [0.2, 0.25) is 0 Å². The van der Waals surface area contributed by atoms with E-state index in [2.05, 4.69) is 13.5 Å². The lowest BCUT2D eigenvalue weighted by molar-refractivity contribution is 0.816. The van der Waals surface area contributed by atoms with Gasteiger partial charge in [0.15, 0.2) is 0 Å². The minimum atomic E-state index is 0. The monoisotopic (exact) mass is 85.1 g/mol. The molecule has 6 heavy (non-hydrogen) atoms. The van der Waals surface area contributed by atoms with E-state index in [-0.39, 0.29) is 1.43 Å². The van der Waals surface area contributed by atoms with Crippen molar-refractivity contribution >= 4 is 0 Å². The summed E-state index contributed by atoms with van der Waals surface area (Å²) in [6, 6.07) is 0. The average Bonchev–Trinajstić information content (AvgIpc) is 1.61. The maximum Gasteiger partial charge on any atom is 1.00 e. The Labute approximate surface area is 41.4 Å². The van der Waals surface area contributed by atoms with Crippen molar-refractivity contribution in [3.8, 4) is 0 Å². The molecule has 0 atom stereocenters. The van der Waals surface area contributed by atoms with Crippen LogP contribution in [0.25, 0.3) is 0 Å². The molecule has 0 aromatic rings. The van der Waals surface area contributed by atoms with Gasteiger partial charge in [0.1, 0.15) is 0 Å². The van der Waals surface area contributed by atoms with Crippen molar-refractivity contribution in [1.82, 2.24) is 0 Å². The van der Waals surface area contributed by atoms with Gasteiger partial charge >= 0.3 is 1.43 Å². The van der Waals surface area contributed by atoms with Gasteiger partial charge in [-0.1, -0.05) is 25.8 Å². The van der Waals surface area contributed by atoms with E-state index in [9.17, 15) is 0 Å². The summed E-state index contributed by atoms with van der Waals surface area (Å²) < 4.78 is 0. The van der Waals surface area contributed by atoms with Gasteiger partial charge in [-0.3, -0.25) is 0 Å². The summed E-state index contributed by atoms with van der Waals surface area (Å²) in [4.78, 5) is 0. The minimum absolute atomic E-state index is 0. The van der Waals surface area contributed by atoms with Crippen molar-refractivity contribution in [2.24, 2.45) is 0 Å². The zero-order chi connectivity index (χ0) is 4.83. The molecule has 0 heterocycles. The van der Waals surface area contributed by atoms with Crippen LogP contribution in [0.1, 0.15) is 27.6 Å². The SMILES string of the molecule is C=CCCCC.[H+]. The molecule has 0 radical (unpaired) electrons. The van der Waals surface area contributed by atoms with E-state index in [1.54, 1.807) is 0 Å². The zero-order valence-electron chi connectivity index (χ0n) is 5.41.